The minimum atomic E-state index is 0. The molecular weight excluding hydrogens is 523 g/mol. The van der Waals surface area contributed by atoms with E-state index in [0.717, 1.165) is 48.6 Å². The second-order valence-electron chi connectivity index (χ2n) is 6.84. The molecule has 1 amide bonds. The van der Waals surface area contributed by atoms with Crippen LogP contribution in [0.2, 0.25) is 0 Å². The lowest BCUT2D eigenvalue weighted by Crippen LogP contribution is -2.45. The molecule has 1 aromatic rings. The molecule has 0 atom stereocenters. The zero-order valence-corrected chi connectivity index (χ0v) is 20.2. The monoisotopic (exact) mass is 552 g/mol. The van der Waals surface area contributed by atoms with Gasteiger partial charge in [0.25, 0.3) is 0 Å². The van der Waals surface area contributed by atoms with Crippen molar-refractivity contribution in [1.29, 1.82) is 0 Å². The lowest BCUT2D eigenvalue weighted by atomic mass is 10.00. The van der Waals surface area contributed by atoms with Gasteiger partial charge in [0.15, 0.2) is 5.96 Å². The van der Waals surface area contributed by atoms with Crippen LogP contribution in [0.15, 0.2) is 33.7 Å². The molecular formula is C19H30BrIN4O2. The lowest BCUT2D eigenvalue weighted by molar-refractivity contribution is -0.127. The van der Waals surface area contributed by atoms with Gasteiger partial charge in [0.2, 0.25) is 5.91 Å². The largest absolute Gasteiger partial charge is 0.381 e. The van der Waals surface area contributed by atoms with E-state index in [1.54, 1.807) is 19.0 Å². The van der Waals surface area contributed by atoms with Crippen LogP contribution in [0, 0.1) is 5.92 Å². The molecule has 1 N–H and O–H groups in total. The van der Waals surface area contributed by atoms with E-state index in [9.17, 15) is 4.79 Å². The number of rotatable bonds is 6. The van der Waals surface area contributed by atoms with Crippen molar-refractivity contribution in [3.63, 3.8) is 0 Å². The summed E-state index contributed by atoms with van der Waals surface area (Å²) in [7, 11) is 5.55. The van der Waals surface area contributed by atoms with Gasteiger partial charge in [-0.05, 0) is 36.5 Å². The molecule has 0 spiro atoms. The predicted octanol–water partition coefficient (Wildman–Crippen LogP) is 2.96. The van der Waals surface area contributed by atoms with Gasteiger partial charge in [-0.3, -0.25) is 4.79 Å². The van der Waals surface area contributed by atoms with E-state index in [4.69, 9.17) is 9.73 Å². The Balaban J connectivity index is 0.00000364. The van der Waals surface area contributed by atoms with E-state index in [-0.39, 0.29) is 36.4 Å². The van der Waals surface area contributed by atoms with E-state index in [1.807, 2.05) is 19.2 Å². The fourth-order valence-corrected chi connectivity index (χ4v) is 3.05. The van der Waals surface area contributed by atoms with Gasteiger partial charge in [-0.15, -0.1) is 24.0 Å². The minimum absolute atomic E-state index is 0. The minimum Gasteiger partial charge on any atom is -0.381 e. The molecule has 0 radical (unpaired) electrons. The first-order valence-corrected chi connectivity index (χ1v) is 9.77. The van der Waals surface area contributed by atoms with Crippen LogP contribution >= 0.6 is 39.9 Å². The lowest BCUT2D eigenvalue weighted by Gasteiger charge is -2.29. The summed E-state index contributed by atoms with van der Waals surface area (Å²) < 4.78 is 6.50. The van der Waals surface area contributed by atoms with Crippen molar-refractivity contribution in [3.8, 4) is 0 Å². The third-order valence-electron chi connectivity index (χ3n) is 4.46. The summed E-state index contributed by atoms with van der Waals surface area (Å²) in [5.41, 5.74) is 1.13. The summed E-state index contributed by atoms with van der Waals surface area (Å²) in [6.45, 7) is 3.38. The van der Waals surface area contributed by atoms with Crippen LogP contribution in [-0.4, -0.2) is 69.1 Å². The van der Waals surface area contributed by atoms with Crippen LogP contribution in [0.1, 0.15) is 18.4 Å². The van der Waals surface area contributed by atoms with E-state index in [0.29, 0.717) is 12.5 Å². The number of likely N-dealkylation sites (N-methyl/N-ethyl adjacent to an activating group) is 1. The first-order chi connectivity index (χ1) is 12.5. The molecule has 1 saturated heterocycles. The topological polar surface area (TPSA) is 57.2 Å². The van der Waals surface area contributed by atoms with Gasteiger partial charge in [0.05, 0.1) is 13.1 Å². The molecule has 152 valence electrons. The first kappa shape index (κ1) is 24.2. The summed E-state index contributed by atoms with van der Waals surface area (Å²) in [4.78, 5) is 20.4. The number of benzene rings is 1. The fraction of sp³-hybridized carbons (Fsp3) is 0.579. The molecule has 1 fully saturated rings. The van der Waals surface area contributed by atoms with Crippen LogP contribution in [0.5, 0.6) is 0 Å². The standard InChI is InChI=1S/C19H29BrN4O2.HI/c1-23(2)18(25)13-22-19(21-12-15-4-6-17(20)7-5-15)24(3)14-16-8-10-26-11-9-16;/h4-7,16H,8-14H2,1-3H3,(H,21,22);1H. The van der Waals surface area contributed by atoms with Crippen LogP contribution in [0.3, 0.4) is 0 Å². The number of nitrogens with one attached hydrogen (secondary N) is 1. The Hall–Kier alpha value is -0.870. The Morgan fingerprint density at radius 1 is 1.22 bits per heavy atom. The number of ether oxygens (including phenoxy) is 1. The number of guanidine groups is 1. The van der Waals surface area contributed by atoms with Crippen molar-refractivity contribution in [2.75, 3.05) is 47.4 Å². The fourth-order valence-electron chi connectivity index (χ4n) is 2.78. The summed E-state index contributed by atoms with van der Waals surface area (Å²) in [5.74, 6) is 1.38. The maximum Gasteiger partial charge on any atom is 0.241 e. The van der Waals surface area contributed by atoms with E-state index < -0.39 is 0 Å². The molecule has 1 aromatic carbocycles. The Morgan fingerprint density at radius 3 is 2.44 bits per heavy atom. The molecule has 2 rings (SSSR count). The molecule has 0 aliphatic carbocycles. The van der Waals surface area contributed by atoms with Crippen LogP contribution in [0.4, 0.5) is 0 Å². The predicted molar refractivity (Wildman–Crippen MR) is 124 cm³/mol. The molecule has 1 heterocycles. The SMILES string of the molecule is CN(C)C(=O)CNC(=NCc1ccc(Br)cc1)N(C)CC1CCOCC1.I. The average Bonchev–Trinajstić information content (AvgIpc) is 2.63. The normalized spacial score (nSPS) is 15.0. The van der Waals surface area contributed by atoms with E-state index in [2.05, 4.69) is 38.3 Å². The Bertz CT molecular complexity index is 604. The van der Waals surface area contributed by atoms with Gasteiger partial charge in [0, 0.05) is 45.4 Å². The molecule has 0 saturated carbocycles. The third kappa shape index (κ3) is 8.78. The average molecular weight is 553 g/mol. The summed E-state index contributed by atoms with van der Waals surface area (Å²) in [5, 5.41) is 3.22. The Morgan fingerprint density at radius 2 is 1.85 bits per heavy atom. The van der Waals surface area contributed by atoms with Crippen LogP contribution in [0.25, 0.3) is 0 Å². The van der Waals surface area contributed by atoms with E-state index in [1.165, 1.54) is 0 Å². The van der Waals surface area contributed by atoms with Gasteiger partial charge < -0.3 is 19.9 Å². The van der Waals surface area contributed by atoms with Gasteiger partial charge in [-0.2, -0.15) is 0 Å². The maximum absolute atomic E-state index is 11.9. The highest BCUT2D eigenvalue weighted by atomic mass is 127. The highest BCUT2D eigenvalue weighted by Gasteiger charge is 2.18. The molecule has 1 aliphatic heterocycles. The van der Waals surface area contributed by atoms with Crippen molar-refractivity contribution >= 4 is 51.8 Å². The third-order valence-corrected chi connectivity index (χ3v) is 4.98. The van der Waals surface area contributed by atoms with Gasteiger partial charge in [-0.25, -0.2) is 4.99 Å². The zero-order chi connectivity index (χ0) is 18.9. The summed E-state index contributed by atoms with van der Waals surface area (Å²) in [6.07, 6.45) is 2.14. The van der Waals surface area contributed by atoms with Crippen LogP contribution < -0.4 is 5.32 Å². The first-order valence-electron chi connectivity index (χ1n) is 8.97. The number of aliphatic imine (C=N–C) groups is 1. The van der Waals surface area contributed by atoms with Crippen LogP contribution in [-0.2, 0) is 16.1 Å². The molecule has 1 aliphatic rings. The van der Waals surface area contributed by atoms with Crippen molar-refractivity contribution in [1.82, 2.24) is 15.1 Å². The number of amides is 1. The number of nitrogens with zero attached hydrogens (tertiary/aromatic N) is 3. The summed E-state index contributed by atoms with van der Waals surface area (Å²) >= 11 is 3.45. The molecule has 0 bridgehead atoms. The van der Waals surface area contributed by atoms with E-state index >= 15 is 0 Å². The molecule has 6 nitrogen and oxygen atoms in total. The summed E-state index contributed by atoms with van der Waals surface area (Å²) in [6, 6.07) is 8.13. The van der Waals surface area contributed by atoms with Gasteiger partial charge in [0.1, 0.15) is 0 Å². The maximum atomic E-state index is 11.9. The second-order valence-corrected chi connectivity index (χ2v) is 7.76. The smallest absolute Gasteiger partial charge is 0.241 e. The van der Waals surface area contributed by atoms with Crippen molar-refractivity contribution in [2.45, 2.75) is 19.4 Å². The Kier molecular flexibility index (Phi) is 11.2. The number of hydrogen-bond donors (Lipinski definition) is 1. The molecule has 8 heteroatoms. The van der Waals surface area contributed by atoms with Gasteiger partial charge >= 0.3 is 0 Å². The number of halogens is 2. The number of carbonyl (C=O) groups is 1. The molecule has 27 heavy (non-hydrogen) atoms. The number of hydrogen-bond acceptors (Lipinski definition) is 3. The highest BCUT2D eigenvalue weighted by Crippen LogP contribution is 2.16. The quantitative estimate of drug-likeness (QED) is 0.335. The van der Waals surface area contributed by atoms with Gasteiger partial charge in [-0.1, -0.05) is 28.1 Å². The second kappa shape index (κ2) is 12.6. The number of carbonyl (C=O) groups excluding carboxylic acids is 1. The molecule has 0 unspecified atom stereocenters. The van der Waals surface area contributed by atoms with Crippen molar-refractivity contribution in [3.05, 3.63) is 34.3 Å². The molecule has 0 aromatic heterocycles. The Labute approximate surface area is 187 Å². The highest BCUT2D eigenvalue weighted by molar-refractivity contribution is 14.0. The zero-order valence-electron chi connectivity index (χ0n) is 16.3. The van der Waals surface area contributed by atoms with Crippen molar-refractivity contribution < 1.29 is 9.53 Å². The van der Waals surface area contributed by atoms with Crippen molar-refractivity contribution in [2.24, 2.45) is 10.9 Å².